The second-order valence-electron chi connectivity index (χ2n) is 12.2. The van der Waals surface area contributed by atoms with Crippen LogP contribution in [0.2, 0.25) is 0 Å². The number of aryl methyl sites for hydroxylation is 2. The summed E-state index contributed by atoms with van der Waals surface area (Å²) in [4.78, 5) is 13.3. The Hall–Kier alpha value is -3.07. The van der Waals surface area contributed by atoms with Crippen LogP contribution >= 0.6 is 0 Å². The van der Waals surface area contributed by atoms with Crippen LogP contribution in [0.4, 0.5) is 0 Å². The molecule has 0 aromatic heterocycles. The van der Waals surface area contributed by atoms with E-state index < -0.39 is 26.8 Å². The minimum absolute atomic E-state index is 0.0882. The molecule has 4 N–H and O–H groups in total. The monoisotopic (exact) mass is 716 g/mol. The van der Waals surface area contributed by atoms with Crippen molar-refractivity contribution in [3.63, 3.8) is 0 Å². The van der Waals surface area contributed by atoms with Gasteiger partial charge in [0, 0.05) is 12.1 Å². The van der Waals surface area contributed by atoms with Crippen LogP contribution in [0.15, 0.2) is 30.3 Å². The minimum atomic E-state index is -4.86. The molecule has 0 fully saturated rings. The Morgan fingerprint density at radius 2 is 1.17 bits per heavy atom. The maximum atomic E-state index is 13.3. The molecule has 0 bridgehead atoms. The molecular weight excluding hydrogens is 664 g/mol. The predicted molar refractivity (Wildman–Crippen MR) is 182 cm³/mol. The molecule has 0 saturated heterocycles. The molecule has 0 unspecified atom stereocenters. The van der Waals surface area contributed by atoms with Crippen LogP contribution in [0, 0.1) is 0 Å². The van der Waals surface area contributed by atoms with Crippen molar-refractivity contribution in [2.45, 2.75) is 136 Å². The van der Waals surface area contributed by atoms with Gasteiger partial charge in [0.25, 0.3) is 0 Å². The Kier molecular flexibility index (Phi) is 18.1. The minimum Gasteiger partial charge on any atom is -0.508 e. The standard InChI is InChI=1S/C34H52O12S2/c1-3-5-6-7-8-9-12-15-19-27-23-28(35)24-32(36)33(27)34(37)44-29(17-4-2)20-16-13-10-11-14-18-26-21-30(45-47(38,39)40)25-31(22-26)46-48(41,42)43/h21-25,29,35-36H,3-20H2,1-2H3,(H,38,39,40)(H,41,42,43)/t29-/m1/s1. The number of hydrogen-bond acceptors (Lipinski definition) is 10. The third kappa shape index (κ3) is 17.4. The van der Waals surface area contributed by atoms with Gasteiger partial charge in [-0.1, -0.05) is 84.5 Å². The lowest BCUT2D eigenvalue weighted by molar-refractivity contribution is 0.0249. The van der Waals surface area contributed by atoms with Crippen LogP contribution in [-0.2, 0) is 38.4 Å². The first-order chi connectivity index (χ1) is 22.7. The molecule has 0 aliphatic rings. The first kappa shape index (κ1) is 41.1. The fourth-order valence-electron chi connectivity index (χ4n) is 5.69. The van der Waals surface area contributed by atoms with Gasteiger partial charge in [-0.25, -0.2) is 4.79 Å². The maximum absolute atomic E-state index is 13.3. The van der Waals surface area contributed by atoms with E-state index in [4.69, 9.17) is 13.8 Å². The van der Waals surface area contributed by atoms with Crippen LogP contribution in [0.1, 0.15) is 138 Å². The van der Waals surface area contributed by atoms with Crippen LogP contribution in [0.25, 0.3) is 0 Å². The van der Waals surface area contributed by atoms with Crippen LogP contribution in [0.5, 0.6) is 23.0 Å². The number of esters is 1. The number of benzene rings is 2. The Morgan fingerprint density at radius 1 is 0.646 bits per heavy atom. The van der Waals surface area contributed by atoms with Crippen molar-refractivity contribution < 1.29 is 54.1 Å². The first-order valence-electron chi connectivity index (χ1n) is 16.9. The van der Waals surface area contributed by atoms with Crippen molar-refractivity contribution in [1.29, 1.82) is 0 Å². The van der Waals surface area contributed by atoms with E-state index >= 15 is 0 Å². The van der Waals surface area contributed by atoms with E-state index in [0.29, 0.717) is 43.2 Å². The zero-order chi connectivity index (χ0) is 35.6. The fourth-order valence-corrected chi connectivity index (χ4v) is 6.37. The second kappa shape index (κ2) is 21.1. The number of rotatable bonds is 25. The Bertz CT molecular complexity index is 1440. The lowest BCUT2D eigenvalue weighted by Crippen LogP contribution is -2.19. The molecular formula is C34H52O12S2. The van der Waals surface area contributed by atoms with Crippen molar-refractivity contribution in [3.05, 3.63) is 47.0 Å². The second-order valence-corrected chi connectivity index (χ2v) is 14.2. The van der Waals surface area contributed by atoms with E-state index in [9.17, 15) is 31.8 Å². The number of unbranched alkanes of at least 4 members (excludes halogenated alkanes) is 11. The molecule has 2 aromatic carbocycles. The summed E-state index contributed by atoms with van der Waals surface area (Å²) in [7, 11) is -9.72. The van der Waals surface area contributed by atoms with Gasteiger partial charge in [-0.15, -0.1) is 0 Å². The normalized spacial score (nSPS) is 12.5. The van der Waals surface area contributed by atoms with Gasteiger partial charge in [-0.3, -0.25) is 9.11 Å². The number of hydrogen-bond donors (Lipinski definition) is 4. The van der Waals surface area contributed by atoms with Gasteiger partial charge in [0.15, 0.2) is 0 Å². The third-order valence-corrected chi connectivity index (χ3v) is 8.71. The van der Waals surface area contributed by atoms with Gasteiger partial charge in [0.05, 0.1) is 0 Å². The number of phenols is 2. The van der Waals surface area contributed by atoms with Gasteiger partial charge >= 0.3 is 26.8 Å². The van der Waals surface area contributed by atoms with Crippen LogP contribution < -0.4 is 8.37 Å². The smallest absolute Gasteiger partial charge is 0.446 e. The Balaban J connectivity index is 1.86. The molecule has 48 heavy (non-hydrogen) atoms. The lowest BCUT2D eigenvalue weighted by Gasteiger charge is -2.19. The highest BCUT2D eigenvalue weighted by Crippen LogP contribution is 2.31. The SMILES string of the molecule is CCCCCCCCCCc1cc(O)cc(O)c1C(=O)O[C@H](CCC)CCCCCCCc1cc(OS(=O)(=O)O)cc(OS(=O)(=O)O)c1. The highest BCUT2D eigenvalue weighted by molar-refractivity contribution is 7.81. The first-order valence-corrected chi connectivity index (χ1v) is 19.7. The number of carbonyl (C=O) groups is 1. The zero-order valence-corrected chi connectivity index (χ0v) is 29.7. The molecule has 272 valence electrons. The van der Waals surface area contributed by atoms with Crippen molar-refractivity contribution >= 4 is 26.8 Å². The molecule has 0 radical (unpaired) electrons. The maximum Gasteiger partial charge on any atom is 0.446 e. The van der Waals surface area contributed by atoms with Crippen molar-refractivity contribution in [3.8, 4) is 23.0 Å². The molecule has 1 atom stereocenters. The summed E-state index contributed by atoms with van der Waals surface area (Å²) in [6.45, 7) is 4.20. The van der Waals surface area contributed by atoms with E-state index in [0.717, 1.165) is 57.4 Å². The Labute approximate surface area is 285 Å². The molecule has 2 aromatic rings. The number of ether oxygens (including phenoxy) is 1. The van der Waals surface area contributed by atoms with Crippen molar-refractivity contribution in [1.82, 2.24) is 0 Å². The summed E-state index contributed by atoms with van der Waals surface area (Å²) in [5.74, 6) is -1.69. The number of carbonyl (C=O) groups excluding carboxylic acids is 1. The summed E-state index contributed by atoms with van der Waals surface area (Å²) >= 11 is 0. The lowest BCUT2D eigenvalue weighted by atomic mass is 9.98. The molecule has 0 saturated carbocycles. The van der Waals surface area contributed by atoms with Crippen molar-refractivity contribution in [2.24, 2.45) is 0 Å². The summed E-state index contributed by atoms with van der Waals surface area (Å²) < 4.78 is 77.0. The van der Waals surface area contributed by atoms with Crippen LogP contribution in [0.3, 0.4) is 0 Å². The quantitative estimate of drug-likeness (QED) is 0.0439. The van der Waals surface area contributed by atoms with E-state index in [1.165, 1.54) is 56.4 Å². The molecule has 0 aliphatic carbocycles. The average molecular weight is 717 g/mol. The molecule has 14 heteroatoms. The van der Waals surface area contributed by atoms with Gasteiger partial charge in [0.1, 0.15) is 34.7 Å². The molecule has 0 amide bonds. The molecule has 0 heterocycles. The summed E-state index contributed by atoms with van der Waals surface area (Å²) in [5, 5.41) is 20.6. The van der Waals surface area contributed by atoms with E-state index in [1.54, 1.807) is 0 Å². The topological polar surface area (TPSA) is 194 Å². The summed E-state index contributed by atoms with van der Waals surface area (Å²) in [6.07, 6.45) is 15.8. The third-order valence-electron chi connectivity index (χ3n) is 7.91. The van der Waals surface area contributed by atoms with Gasteiger partial charge in [0.2, 0.25) is 0 Å². The number of aromatic hydroxyl groups is 2. The van der Waals surface area contributed by atoms with Crippen molar-refractivity contribution in [2.75, 3.05) is 0 Å². The van der Waals surface area contributed by atoms with E-state index in [1.807, 2.05) is 6.92 Å². The fraction of sp³-hybridized carbons (Fsp3) is 0.618. The molecule has 12 nitrogen and oxygen atoms in total. The molecule has 0 spiro atoms. The average Bonchev–Trinajstić information content (AvgIpc) is 2.95. The molecule has 2 rings (SSSR count). The zero-order valence-electron chi connectivity index (χ0n) is 28.1. The van der Waals surface area contributed by atoms with E-state index in [2.05, 4.69) is 15.3 Å². The summed E-state index contributed by atoms with van der Waals surface area (Å²) in [5.41, 5.74) is 1.18. The Morgan fingerprint density at radius 3 is 1.71 bits per heavy atom. The highest BCUT2D eigenvalue weighted by Gasteiger charge is 2.23. The van der Waals surface area contributed by atoms with Gasteiger partial charge < -0.3 is 23.3 Å². The largest absolute Gasteiger partial charge is 0.508 e. The van der Waals surface area contributed by atoms with E-state index in [-0.39, 0.29) is 34.7 Å². The van der Waals surface area contributed by atoms with Gasteiger partial charge in [-0.05, 0) is 74.3 Å². The molecule has 0 aliphatic heterocycles. The van der Waals surface area contributed by atoms with Crippen LogP contribution in [-0.4, -0.2) is 48.2 Å². The highest BCUT2D eigenvalue weighted by atomic mass is 32.3. The summed E-state index contributed by atoms with van der Waals surface area (Å²) in [6, 6.07) is 6.25. The van der Waals surface area contributed by atoms with Gasteiger partial charge in [-0.2, -0.15) is 16.8 Å². The number of phenolic OH excluding ortho intramolecular Hbond substituents is 2. The predicted octanol–water partition coefficient (Wildman–Crippen LogP) is 8.05.